The zero-order valence-corrected chi connectivity index (χ0v) is 14.3. The summed E-state index contributed by atoms with van der Waals surface area (Å²) in [5.74, 6) is -1.69. The SMILES string of the molecule is Nc1nc(=O)n([C@@H]2O[C@H](CO)[C@@H](O)[C@H]2O)cc1OP(=O)([O-])OP(=O)([O-])O. The molecular formula is C9H13N3O12P2-2. The molecule has 0 bridgehead atoms. The van der Waals surface area contributed by atoms with Gasteiger partial charge in [-0.1, -0.05) is 0 Å². The van der Waals surface area contributed by atoms with E-state index in [0.29, 0.717) is 10.8 Å². The highest BCUT2D eigenvalue weighted by Crippen LogP contribution is 2.52. The molecule has 2 heterocycles. The number of nitrogen functional groups attached to an aromatic ring is 1. The Kier molecular flexibility index (Phi) is 5.90. The first-order chi connectivity index (χ1) is 11.8. The maximum Gasteiger partial charge on any atom is 0.351 e. The van der Waals surface area contributed by atoms with Crippen molar-refractivity contribution in [3.63, 3.8) is 0 Å². The number of nitrogens with two attached hydrogens (primary N) is 1. The zero-order valence-electron chi connectivity index (χ0n) is 12.5. The molecule has 1 saturated heterocycles. The number of hydrogen-bond acceptors (Lipinski definition) is 13. The summed E-state index contributed by atoms with van der Waals surface area (Å²) in [4.78, 5) is 45.4. The molecule has 0 radical (unpaired) electrons. The Morgan fingerprint density at radius 3 is 2.46 bits per heavy atom. The van der Waals surface area contributed by atoms with Gasteiger partial charge in [-0.25, -0.2) is 9.11 Å². The van der Waals surface area contributed by atoms with Crippen LogP contribution in [0.4, 0.5) is 5.82 Å². The molecule has 1 aliphatic heterocycles. The Bertz CT molecular complexity index is 823. The summed E-state index contributed by atoms with van der Waals surface area (Å²) in [5.41, 5.74) is 4.16. The molecule has 6 atom stereocenters. The van der Waals surface area contributed by atoms with Gasteiger partial charge in [0.15, 0.2) is 17.8 Å². The first kappa shape index (κ1) is 20.9. The number of hydrogen-bond donors (Lipinski definition) is 5. The van der Waals surface area contributed by atoms with Crippen molar-refractivity contribution in [3.8, 4) is 5.75 Å². The van der Waals surface area contributed by atoms with E-state index in [1.165, 1.54) is 0 Å². The summed E-state index contributed by atoms with van der Waals surface area (Å²) in [6, 6.07) is 0. The number of aliphatic hydroxyl groups is 3. The van der Waals surface area contributed by atoms with Gasteiger partial charge in [0.2, 0.25) is 0 Å². The van der Waals surface area contributed by atoms with Crippen molar-refractivity contribution in [2.75, 3.05) is 12.3 Å². The predicted molar refractivity (Wildman–Crippen MR) is 75.1 cm³/mol. The van der Waals surface area contributed by atoms with E-state index >= 15 is 0 Å². The van der Waals surface area contributed by atoms with Gasteiger partial charge in [-0.15, -0.1) is 0 Å². The number of anilines is 1. The second kappa shape index (κ2) is 7.32. The summed E-state index contributed by atoms with van der Waals surface area (Å²) in [6.07, 6.45) is -5.54. The number of nitrogens with zero attached hydrogens (tertiary/aromatic N) is 2. The number of aliphatic hydroxyl groups excluding tert-OH is 3. The molecule has 15 nitrogen and oxygen atoms in total. The van der Waals surface area contributed by atoms with E-state index in [-0.39, 0.29) is 0 Å². The predicted octanol–water partition coefficient (Wildman–Crippen LogP) is -4.24. The lowest BCUT2D eigenvalue weighted by atomic mass is 10.1. The summed E-state index contributed by atoms with van der Waals surface area (Å²) >= 11 is 0. The molecule has 26 heavy (non-hydrogen) atoms. The fourth-order valence-corrected chi connectivity index (χ4v) is 3.62. The van der Waals surface area contributed by atoms with Crippen molar-refractivity contribution in [2.45, 2.75) is 24.5 Å². The molecule has 0 aromatic carbocycles. The highest BCUT2D eigenvalue weighted by molar-refractivity contribution is 7.59. The molecule has 17 heteroatoms. The van der Waals surface area contributed by atoms with Crippen LogP contribution in [0.5, 0.6) is 5.75 Å². The standard InChI is InChI=1S/C9H15N3O12P2/c10-7-3(23-26(20,21)24-25(17,18)19)1-12(9(16)11-7)8-6(15)5(14)4(2-13)22-8/h1,4-6,8,13-15H,2H2,(H,20,21)(H2,10,11,16)(H2,17,18,19)/p-2/t4-,5-,6-,8-/m1/s1. The van der Waals surface area contributed by atoms with E-state index in [9.17, 15) is 33.9 Å². The Balaban J connectivity index is 2.37. The quantitative estimate of drug-likeness (QED) is 0.275. The molecule has 0 amide bonds. The molecule has 0 spiro atoms. The Hall–Kier alpha value is -1.38. The molecule has 6 N–H and O–H groups in total. The number of ether oxygens (including phenoxy) is 1. The lowest BCUT2D eigenvalue weighted by Crippen LogP contribution is -2.36. The van der Waals surface area contributed by atoms with Crippen LogP contribution < -0.4 is 25.7 Å². The lowest BCUT2D eigenvalue weighted by Gasteiger charge is -2.28. The van der Waals surface area contributed by atoms with Gasteiger partial charge in [0.05, 0.1) is 12.8 Å². The average molecular weight is 417 g/mol. The molecule has 148 valence electrons. The van der Waals surface area contributed by atoms with Crippen LogP contribution in [0.2, 0.25) is 0 Å². The minimum atomic E-state index is -5.72. The van der Waals surface area contributed by atoms with Gasteiger partial charge in [-0.3, -0.25) is 13.7 Å². The van der Waals surface area contributed by atoms with Crippen molar-refractivity contribution < 1.29 is 52.7 Å². The first-order valence-corrected chi connectivity index (χ1v) is 9.57. The first-order valence-electron chi connectivity index (χ1n) is 6.61. The summed E-state index contributed by atoms with van der Waals surface area (Å²) in [5, 5.41) is 28.6. The molecule has 1 aliphatic rings. The number of phosphoric acid groups is 2. The topological polar surface area (TPSA) is 250 Å². The van der Waals surface area contributed by atoms with Crippen molar-refractivity contribution in [1.82, 2.24) is 9.55 Å². The van der Waals surface area contributed by atoms with Crippen LogP contribution in [-0.4, -0.2) is 54.7 Å². The van der Waals surface area contributed by atoms with Crippen molar-refractivity contribution in [3.05, 3.63) is 16.7 Å². The van der Waals surface area contributed by atoms with Gasteiger partial charge in [0, 0.05) is 0 Å². The molecule has 1 aromatic heterocycles. The molecule has 1 aromatic rings. The smallest absolute Gasteiger partial charge is 0.351 e. The minimum Gasteiger partial charge on any atom is -0.756 e. The fraction of sp³-hybridized carbons (Fsp3) is 0.556. The van der Waals surface area contributed by atoms with Crippen molar-refractivity contribution >= 4 is 21.5 Å². The summed E-state index contributed by atoms with van der Waals surface area (Å²) in [7, 11) is -11.4. The second-order valence-electron chi connectivity index (χ2n) is 5.00. The molecule has 0 saturated carbocycles. The lowest BCUT2D eigenvalue weighted by molar-refractivity contribution is -0.236. The van der Waals surface area contributed by atoms with Gasteiger partial charge in [-0.05, 0) is 0 Å². The van der Waals surface area contributed by atoms with Crippen LogP contribution in [-0.2, 0) is 18.2 Å². The van der Waals surface area contributed by atoms with Crippen LogP contribution in [0.25, 0.3) is 0 Å². The van der Waals surface area contributed by atoms with Gasteiger partial charge in [0.25, 0.3) is 7.82 Å². The third kappa shape index (κ3) is 4.66. The average Bonchev–Trinajstić information content (AvgIpc) is 2.75. The van der Waals surface area contributed by atoms with Gasteiger partial charge in [-0.2, -0.15) is 4.98 Å². The van der Waals surface area contributed by atoms with E-state index in [0.717, 1.165) is 0 Å². The maximum absolute atomic E-state index is 11.9. The van der Waals surface area contributed by atoms with E-state index in [4.69, 9.17) is 20.5 Å². The van der Waals surface area contributed by atoms with Gasteiger partial charge >= 0.3 is 13.5 Å². The molecular weight excluding hydrogens is 404 g/mol. The van der Waals surface area contributed by atoms with Crippen LogP contribution in [0.15, 0.2) is 11.0 Å². The summed E-state index contributed by atoms with van der Waals surface area (Å²) in [6.45, 7) is -0.700. The Labute approximate surface area is 144 Å². The van der Waals surface area contributed by atoms with Crippen LogP contribution in [0.1, 0.15) is 6.23 Å². The van der Waals surface area contributed by atoms with Crippen molar-refractivity contribution in [1.29, 1.82) is 0 Å². The van der Waals surface area contributed by atoms with Gasteiger partial charge in [0.1, 0.15) is 18.3 Å². The maximum atomic E-state index is 11.9. The summed E-state index contributed by atoms with van der Waals surface area (Å²) < 4.78 is 35.1. The van der Waals surface area contributed by atoms with Crippen LogP contribution in [0, 0.1) is 0 Å². The van der Waals surface area contributed by atoms with E-state index < -0.39 is 64.0 Å². The van der Waals surface area contributed by atoms with E-state index in [1.807, 2.05) is 0 Å². The van der Waals surface area contributed by atoms with Crippen LogP contribution in [0.3, 0.4) is 0 Å². The molecule has 1 fully saturated rings. The van der Waals surface area contributed by atoms with Crippen molar-refractivity contribution in [2.24, 2.45) is 0 Å². The second-order valence-corrected chi connectivity index (χ2v) is 7.67. The van der Waals surface area contributed by atoms with E-state index in [1.54, 1.807) is 0 Å². The number of rotatable bonds is 6. The highest BCUT2D eigenvalue weighted by atomic mass is 31.3. The Morgan fingerprint density at radius 2 is 1.96 bits per heavy atom. The third-order valence-electron chi connectivity index (χ3n) is 3.15. The highest BCUT2D eigenvalue weighted by Gasteiger charge is 2.44. The molecule has 2 rings (SSSR count). The fourth-order valence-electron chi connectivity index (χ4n) is 2.09. The Morgan fingerprint density at radius 1 is 1.35 bits per heavy atom. The minimum absolute atomic E-state index is 0.491. The third-order valence-corrected chi connectivity index (χ3v) is 5.20. The normalized spacial score (nSPS) is 30.5. The van der Waals surface area contributed by atoms with Gasteiger partial charge < -0.3 is 45.0 Å². The zero-order chi connectivity index (χ0) is 19.9. The molecule has 2 unspecified atom stereocenters. The van der Waals surface area contributed by atoms with E-state index in [2.05, 4.69) is 13.8 Å². The molecule has 0 aliphatic carbocycles. The number of aromatic nitrogens is 2. The number of phosphoric ester groups is 1. The monoisotopic (exact) mass is 417 g/mol. The largest absolute Gasteiger partial charge is 0.756 e. The van der Waals surface area contributed by atoms with Crippen LogP contribution >= 0.6 is 15.6 Å².